The van der Waals surface area contributed by atoms with Gasteiger partial charge in [0.05, 0.1) is 24.1 Å². The molecule has 0 saturated carbocycles. The molecule has 8 nitrogen and oxygen atoms in total. The highest BCUT2D eigenvalue weighted by molar-refractivity contribution is 6.00. The Morgan fingerprint density at radius 1 is 1.08 bits per heavy atom. The third-order valence-corrected chi connectivity index (χ3v) is 6.12. The van der Waals surface area contributed by atoms with Gasteiger partial charge in [-0.1, -0.05) is 5.16 Å². The molecule has 0 aliphatic rings. The van der Waals surface area contributed by atoms with Crippen LogP contribution in [0.2, 0.25) is 0 Å². The highest BCUT2D eigenvalue weighted by Gasteiger charge is 2.33. The van der Waals surface area contributed by atoms with Crippen LogP contribution in [-0.4, -0.2) is 39.3 Å². The fourth-order valence-electron chi connectivity index (χ4n) is 4.43. The van der Waals surface area contributed by atoms with Crippen molar-refractivity contribution < 1.29 is 41.5 Å². The molecule has 0 amide bonds. The van der Waals surface area contributed by atoms with Crippen LogP contribution < -0.4 is 9.47 Å². The Morgan fingerprint density at radius 3 is 2.46 bits per heavy atom. The van der Waals surface area contributed by atoms with E-state index in [4.69, 9.17) is 9.26 Å². The van der Waals surface area contributed by atoms with Gasteiger partial charge in [0.1, 0.15) is 22.9 Å². The van der Waals surface area contributed by atoms with E-state index in [1.54, 1.807) is 19.9 Å². The fourth-order valence-corrected chi connectivity index (χ4v) is 4.43. The number of methoxy groups -OCH3 is 1. The number of halogens is 4. The summed E-state index contributed by atoms with van der Waals surface area (Å²) in [4.78, 5) is 16.0. The molecule has 0 atom stereocenters. The zero-order valence-electron chi connectivity index (χ0n) is 20.6. The zero-order valence-corrected chi connectivity index (χ0v) is 20.6. The number of aryl methyl sites for hydroxylation is 2. The van der Waals surface area contributed by atoms with Gasteiger partial charge in [0, 0.05) is 46.1 Å². The summed E-state index contributed by atoms with van der Waals surface area (Å²) in [6, 6.07) is 8.96. The van der Waals surface area contributed by atoms with Crippen LogP contribution in [0.25, 0.3) is 39.0 Å². The summed E-state index contributed by atoms with van der Waals surface area (Å²) in [6.07, 6.45) is -2.16. The van der Waals surface area contributed by atoms with Gasteiger partial charge < -0.3 is 19.1 Å². The lowest BCUT2D eigenvalue weighted by molar-refractivity contribution is -0.274. The second-order valence-electron chi connectivity index (χ2n) is 8.59. The van der Waals surface area contributed by atoms with E-state index in [1.807, 2.05) is 0 Å². The minimum Gasteiger partial charge on any atom is -0.497 e. The summed E-state index contributed by atoms with van der Waals surface area (Å²) in [5.74, 6) is -2.06. The molecule has 0 spiro atoms. The van der Waals surface area contributed by atoms with E-state index in [1.165, 1.54) is 48.3 Å². The molecule has 1 N–H and O–H groups in total. The van der Waals surface area contributed by atoms with Crippen molar-refractivity contribution in [3.8, 4) is 39.4 Å². The highest BCUT2D eigenvalue weighted by Crippen LogP contribution is 2.41. The number of pyridine rings is 1. The minimum atomic E-state index is -5.10. The number of carboxylic acid groups (broad SMARTS) is 1. The second-order valence-corrected chi connectivity index (χ2v) is 8.59. The normalized spacial score (nSPS) is 11.7. The van der Waals surface area contributed by atoms with Gasteiger partial charge in [0.15, 0.2) is 5.82 Å². The van der Waals surface area contributed by atoms with Gasteiger partial charge in [-0.25, -0.2) is 14.2 Å². The van der Waals surface area contributed by atoms with Gasteiger partial charge in [-0.3, -0.25) is 4.57 Å². The van der Waals surface area contributed by atoms with Crippen LogP contribution in [0.15, 0.2) is 59.4 Å². The van der Waals surface area contributed by atoms with E-state index in [0.29, 0.717) is 28.0 Å². The molecule has 0 fully saturated rings. The number of nitrogens with zero attached hydrogens (tertiary/aromatic N) is 3. The molecule has 2 aromatic carbocycles. The fraction of sp³-hybridized carbons (Fsp3) is 0.148. The Kier molecular flexibility index (Phi) is 6.25. The van der Waals surface area contributed by atoms with Gasteiger partial charge in [0.25, 0.3) is 0 Å². The van der Waals surface area contributed by atoms with Crippen molar-refractivity contribution >= 4 is 17.0 Å². The molecule has 0 unspecified atom stereocenters. The van der Waals surface area contributed by atoms with E-state index in [0.717, 1.165) is 12.1 Å². The Bertz CT molecular complexity index is 1720. The second kappa shape index (κ2) is 9.46. The van der Waals surface area contributed by atoms with E-state index in [9.17, 15) is 23.1 Å². The molecule has 3 aromatic heterocycles. The molecule has 39 heavy (non-hydrogen) atoms. The molecule has 5 rings (SSSR count). The summed E-state index contributed by atoms with van der Waals surface area (Å²) >= 11 is 0. The number of carboxylic acids is 1. The number of hydrogen-bond acceptors (Lipinski definition) is 6. The largest absolute Gasteiger partial charge is 0.573 e. The molecule has 0 saturated heterocycles. The zero-order chi connectivity index (χ0) is 28.1. The topological polar surface area (TPSA) is 99.6 Å². The van der Waals surface area contributed by atoms with Crippen LogP contribution in [-0.2, 0) is 0 Å². The Balaban J connectivity index is 1.82. The van der Waals surface area contributed by atoms with Crippen LogP contribution in [0.4, 0.5) is 17.6 Å². The molecule has 200 valence electrons. The third-order valence-electron chi connectivity index (χ3n) is 6.12. The van der Waals surface area contributed by atoms with E-state index in [-0.39, 0.29) is 28.2 Å². The molecule has 5 aromatic rings. The number of aromatic nitrogens is 3. The molecule has 12 heteroatoms. The summed E-state index contributed by atoms with van der Waals surface area (Å²) in [7, 11) is 1.39. The Hall–Kier alpha value is -4.87. The van der Waals surface area contributed by atoms with Crippen molar-refractivity contribution in [1.82, 2.24) is 14.7 Å². The average molecular weight is 541 g/mol. The minimum absolute atomic E-state index is 0.0603. The molecule has 0 aliphatic heterocycles. The average Bonchev–Trinajstić information content (AvgIpc) is 3.41. The number of hydrogen-bond donors (Lipinski definition) is 1. The first-order chi connectivity index (χ1) is 18.5. The van der Waals surface area contributed by atoms with Crippen LogP contribution in [0.5, 0.6) is 11.5 Å². The molecule has 0 bridgehead atoms. The highest BCUT2D eigenvalue weighted by atomic mass is 19.4. The van der Waals surface area contributed by atoms with Crippen LogP contribution >= 0.6 is 0 Å². The molecular weight excluding hydrogens is 522 g/mol. The molecule has 0 aliphatic carbocycles. The van der Waals surface area contributed by atoms with Gasteiger partial charge in [-0.15, -0.1) is 13.2 Å². The first-order valence-electron chi connectivity index (χ1n) is 11.4. The van der Waals surface area contributed by atoms with E-state index < -0.39 is 29.5 Å². The molecular formula is C27H19F4N3O5. The Labute approximate surface area is 218 Å². The van der Waals surface area contributed by atoms with Crippen molar-refractivity contribution in [2.45, 2.75) is 20.2 Å². The smallest absolute Gasteiger partial charge is 0.497 e. The maximum atomic E-state index is 15.1. The monoisotopic (exact) mass is 541 g/mol. The summed E-state index contributed by atoms with van der Waals surface area (Å²) < 4.78 is 71.1. The van der Waals surface area contributed by atoms with Crippen molar-refractivity contribution in [3.63, 3.8) is 0 Å². The Morgan fingerprint density at radius 2 is 1.85 bits per heavy atom. The standard InChI is InChI=1S/C27H19F4N3O5/c1-13-24(14(2)39-33-13)16-8-19-20(18-6-4-15(26(35)36)9-23(18)38-27(29,30)31)12-34(25(19)32-11-16)22-7-5-17(37-3)10-21(22)28/h4-12H,1-3H3,(H,35,36). The number of aromatic carboxylic acids is 1. The third kappa shape index (κ3) is 4.76. The maximum Gasteiger partial charge on any atom is 0.573 e. The van der Waals surface area contributed by atoms with Gasteiger partial charge in [0.2, 0.25) is 0 Å². The first-order valence-corrected chi connectivity index (χ1v) is 11.4. The van der Waals surface area contributed by atoms with Crippen LogP contribution in [0.1, 0.15) is 21.8 Å². The predicted octanol–water partition coefficient (Wildman–Crippen LogP) is 6.71. The number of fused-ring (bicyclic) bond motifs is 1. The van der Waals surface area contributed by atoms with Crippen molar-refractivity contribution in [2.24, 2.45) is 0 Å². The number of rotatable bonds is 6. The van der Waals surface area contributed by atoms with Crippen molar-refractivity contribution in [2.75, 3.05) is 7.11 Å². The van der Waals surface area contributed by atoms with Gasteiger partial charge in [-0.2, -0.15) is 0 Å². The summed E-state index contributed by atoms with van der Waals surface area (Å²) in [6.45, 7) is 3.44. The quantitative estimate of drug-likeness (QED) is 0.239. The van der Waals surface area contributed by atoms with Gasteiger partial charge in [-0.05, 0) is 50.2 Å². The number of alkyl halides is 3. The molecule has 3 heterocycles. The lowest BCUT2D eigenvalue weighted by Crippen LogP contribution is -2.18. The van der Waals surface area contributed by atoms with E-state index >= 15 is 4.39 Å². The van der Waals surface area contributed by atoms with Crippen molar-refractivity contribution in [3.05, 3.63) is 77.7 Å². The van der Waals surface area contributed by atoms with Crippen LogP contribution in [0, 0.1) is 19.7 Å². The van der Waals surface area contributed by atoms with E-state index in [2.05, 4.69) is 14.9 Å². The number of benzene rings is 2. The molecule has 0 radical (unpaired) electrons. The number of ether oxygens (including phenoxy) is 2. The lowest BCUT2D eigenvalue weighted by Gasteiger charge is -2.14. The summed E-state index contributed by atoms with van der Waals surface area (Å²) in [5.41, 5.74) is 1.78. The van der Waals surface area contributed by atoms with Crippen molar-refractivity contribution in [1.29, 1.82) is 0 Å². The lowest BCUT2D eigenvalue weighted by atomic mass is 10.00. The SMILES string of the molecule is COc1ccc(-n2cc(-c3ccc(C(=O)O)cc3OC(F)(F)F)c3cc(-c4c(C)noc4C)cnc32)c(F)c1. The van der Waals surface area contributed by atoms with Crippen LogP contribution in [0.3, 0.4) is 0 Å². The van der Waals surface area contributed by atoms with Gasteiger partial charge >= 0.3 is 12.3 Å². The first kappa shape index (κ1) is 25.8. The maximum absolute atomic E-state index is 15.1. The predicted molar refractivity (Wildman–Crippen MR) is 132 cm³/mol. The summed E-state index contributed by atoms with van der Waals surface area (Å²) in [5, 5.41) is 13.6. The number of carbonyl (C=O) groups is 1.